The van der Waals surface area contributed by atoms with Crippen molar-refractivity contribution in [1.29, 1.82) is 0 Å². The van der Waals surface area contributed by atoms with Crippen molar-refractivity contribution >= 4 is 11.6 Å². The standard InChI is InChI=1S/C8H13N3O2/c1-5(2)7(9)8(12)11-6-3-10-13-4-6/h3-5,7H,9H2,1-2H3,(H,11,12)/t7-/m0/s1. The Kier molecular flexibility index (Phi) is 3.02. The first-order valence-electron chi connectivity index (χ1n) is 4.07. The zero-order valence-electron chi connectivity index (χ0n) is 7.65. The van der Waals surface area contributed by atoms with Gasteiger partial charge in [-0.2, -0.15) is 0 Å². The summed E-state index contributed by atoms with van der Waals surface area (Å²) in [6.07, 6.45) is 2.77. The van der Waals surface area contributed by atoms with Gasteiger partial charge >= 0.3 is 0 Å². The van der Waals surface area contributed by atoms with E-state index in [9.17, 15) is 4.79 Å². The summed E-state index contributed by atoms with van der Waals surface area (Å²) in [6.45, 7) is 3.77. The molecule has 5 nitrogen and oxygen atoms in total. The highest BCUT2D eigenvalue weighted by atomic mass is 16.5. The Balaban J connectivity index is 2.51. The summed E-state index contributed by atoms with van der Waals surface area (Å²) in [4.78, 5) is 11.3. The first-order valence-corrected chi connectivity index (χ1v) is 4.07. The van der Waals surface area contributed by atoms with Crippen LogP contribution in [0.4, 0.5) is 5.69 Å². The highest BCUT2D eigenvalue weighted by Crippen LogP contribution is 2.06. The number of hydrogen-bond donors (Lipinski definition) is 2. The third-order valence-electron chi connectivity index (χ3n) is 1.72. The molecule has 0 radical (unpaired) electrons. The van der Waals surface area contributed by atoms with Crippen LogP contribution in [0.3, 0.4) is 0 Å². The highest BCUT2D eigenvalue weighted by molar-refractivity contribution is 5.94. The van der Waals surface area contributed by atoms with Crippen molar-refractivity contribution in [3.63, 3.8) is 0 Å². The smallest absolute Gasteiger partial charge is 0.241 e. The molecule has 72 valence electrons. The van der Waals surface area contributed by atoms with E-state index >= 15 is 0 Å². The molecule has 13 heavy (non-hydrogen) atoms. The Morgan fingerprint density at radius 1 is 1.69 bits per heavy atom. The van der Waals surface area contributed by atoms with E-state index in [1.54, 1.807) is 0 Å². The summed E-state index contributed by atoms with van der Waals surface area (Å²) in [5, 5.41) is 6.03. The van der Waals surface area contributed by atoms with Crippen LogP contribution in [-0.4, -0.2) is 17.1 Å². The molecule has 0 unspecified atom stereocenters. The number of carbonyl (C=O) groups excluding carboxylic acids is 1. The average molecular weight is 183 g/mol. The second-order valence-corrected chi connectivity index (χ2v) is 3.17. The van der Waals surface area contributed by atoms with E-state index in [-0.39, 0.29) is 11.8 Å². The fraction of sp³-hybridized carbons (Fsp3) is 0.500. The molecule has 0 spiro atoms. The molecule has 1 aromatic rings. The van der Waals surface area contributed by atoms with E-state index < -0.39 is 6.04 Å². The number of nitrogens with zero attached hydrogens (tertiary/aromatic N) is 1. The molecule has 0 aliphatic carbocycles. The van der Waals surface area contributed by atoms with Crippen molar-refractivity contribution in [2.45, 2.75) is 19.9 Å². The minimum atomic E-state index is -0.505. The molecule has 3 N–H and O–H groups in total. The minimum absolute atomic E-state index is 0.111. The lowest BCUT2D eigenvalue weighted by atomic mass is 10.1. The van der Waals surface area contributed by atoms with Gasteiger partial charge < -0.3 is 15.6 Å². The van der Waals surface area contributed by atoms with Crippen LogP contribution in [0.2, 0.25) is 0 Å². The Bertz CT molecular complexity index is 269. The molecule has 1 rings (SSSR count). The van der Waals surface area contributed by atoms with Gasteiger partial charge in [0.1, 0.15) is 12.0 Å². The van der Waals surface area contributed by atoms with E-state index in [1.165, 1.54) is 12.5 Å². The van der Waals surface area contributed by atoms with Gasteiger partial charge in [-0.15, -0.1) is 0 Å². The fourth-order valence-electron chi connectivity index (χ4n) is 0.795. The van der Waals surface area contributed by atoms with Crippen molar-refractivity contribution in [2.24, 2.45) is 11.7 Å². The number of amides is 1. The Morgan fingerprint density at radius 2 is 2.38 bits per heavy atom. The van der Waals surface area contributed by atoms with E-state index in [0.717, 1.165) is 0 Å². The molecule has 0 fully saturated rings. The SMILES string of the molecule is CC(C)[C@H](N)C(=O)Nc1cnoc1. The molecule has 1 heterocycles. The van der Waals surface area contributed by atoms with Gasteiger partial charge in [-0.3, -0.25) is 4.79 Å². The van der Waals surface area contributed by atoms with Crippen LogP contribution in [-0.2, 0) is 4.79 Å². The average Bonchev–Trinajstić information content (AvgIpc) is 2.55. The molecule has 0 aromatic carbocycles. The first kappa shape index (κ1) is 9.73. The predicted octanol–water partition coefficient (Wildman–Crippen LogP) is 0.596. The maximum absolute atomic E-state index is 11.3. The van der Waals surface area contributed by atoms with Gasteiger partial charge in [0.15, 0.2) is 0 Å². The number of hydrogen-bond acceptors (Lipinski definition) is 4. The molecular formula is C8H13N3O2. The summed E-state index contributed by atoms with van der Waals surface area (Å²) in [5.74, 6) is -0.113. The monoisotopic (exact) mass is 183 g/mol. The van der Waals surface area contributed by atoms with Crippen molar-refractivity contribution in [3.05, 3.63) is 12.5 Å². The van der Waals surface area contributed by atoms with Crippen molar-refractivity contribution in [2.75, 3.05) is 5.32 Å². The van der Waals surface area contributed by atoms with Gasteiger partial charge in [-0.25, -0.2) is 0 Å². The van der Waals surface area contributed by atoms with Gasteiger partial charge in [0.05, 0.1) is 12.2 Å². The molecule has 1 amide bonds. The lowest BCUT2D eigenvalue weighted by Gasteiger charge is -2.13. The summed E-state index contributed by atoms with van der Waals surface area (Å²) in [7, 11) is 0. The third-order valence-corrected chi connectivity index (χ3v) is 1.72. The number of rotatable bonds is 3. The fourth-order valence-corrected chi connectivity index (χ4v) is 0.795. The lowest BCUT2D eigenvalue weighted by molar-refractivity contribution is -0.118. The van der Waals surface area contributed by atoms with Crippen molar-refractivity contribution in [3.8, 4) is 0 Å². The Hall–Kier alpha value is -1.36. The van der Waals surface area contributed by atoms with Gasteiger partial charge in [0.2, 0.25) is 5.91 Å². The second kappa shape index (κ2) is 4.04. The van der Waals surface area contributed by atoms with Crippen LogP contribution in [0.5, 0.6) is 0 Å². The lowest BCUT2D eigenvalue weighted by Crippen LogP contribution is -2.39. The topological polar surface area (TPSA) is 81.2 Å². The molecule has 1 aromatic heterocycles. The van der Waals surface area contributed by atoms with Crippen LogP contribution < -0.4 is 11.1 Å². The molecule has 0 aliphatic rings. The van der Waals surface area contributed by atoms with Crippen LogP contribution in [0.25, 0.3) is 0 Å². The molecule has 0 saturated heterocycles. The predicted molar refractivity (Wildman–Crippen MR) is 47.9 cm³/mol. The van der Waals surface area contributed by atoms with Crippen LogP contribution >= 0.6 is 0 Å². The van der Waals surface area contributed by atoms with Gasteiger partial charge in [0.25, 0.3) is 0 Å². The van der Waals surface area contributed by atoms with Crippen LogP contribution in [0.1, 0.15) is 13.8 Å². The maximum atomic E-state index is 11.3. The zero-order chi connectivity index (χ0) is 9.84. The summed E-state index contributed by atoms with van der Waals surface area (Å²) in [6, 6.07) is -0.505. The Labute approximate surface area is 76.3 Å². The Morgan fingerprint density at radius 3 is 2.85 bits per heavy atom. The second-order valence-electron chi connectivity index (χ2n) is 3.17. The van der Waals surface area contributed by atoms with Gasteiger partial charge in [-0.1, -0.05) is 19.0 Å². The first-order chi connectivity index (χ1) is 6.11. The molecule has 0 bridgehead atoms. The normalized spacial score (nSPS) is 12.9. The van der Waals surface area contributed by atoms with Gasteiger partial charge in [-0.05, 0) is 5.92 Å². The molecule has 1 atom stereocenters. The minimum Gasteiger partial charge on any atom is -0.363 e. The molecule has 0 saturated carbocycles. The summed E-state index contributed by atoms with van der Waals surface area (Å²) < 4.78 is 4.55. The number of nitrogens with two attached hydrogens (primary N) is 1. The number of anilines is 1. The number of carbonyl (C=O) groups is 1. The summed E-state index contributed by atoms with van der Waals surface area (Å²) in [5.41, 5.74) is 6.14. The maximum Gasteiger partial charge on any atom is 0.241 e. The van der Waals surface area contributed by atoms with Crippen molar-refractivity contribution in [1.82, 2.24) is 5.16 Å². The van der Waals surface area contributed by atoms with Crippen molar-refractivity contribution < 1.29 is 9.32 Å². The molecule has 5 heteroatoms. The molecule has 0 aliphatic heterocycles. The molecular weight excluding hydrogens is 170 g/mol. The van der Waals surface area contributed by atoms with Crippen LogP contribution in [0, 0.1) is 5.92 Å². The van der Waals surface area contributed by atoms with Crippen LogP contribution in [0.15, 0.2) is 17.0 Å². The van der Waals surface area contributed by atoms with E-state index in [1.807, 2.05) is 13.8 Å². The van der Waals surface area contributed by atoms with Gasteiger partial charge in [0, 0.05) is 0 Å². The highest BCUT2D eigenvalue weighted by Gasteiger charge is 2.17. The summed E-state index contributed by atoms with van der Waals surface area (Å²) >= 11 is 0. The number of nitrogens with one attached hydrogen (secondary N) is 1. The zero-order valence-corrected chi connectivity index (χ0v) is 7.65. The van der Waals surface area contributed by atoms with E-state index in [4.69, 9.17) is 5.73 Å². The number of aromatic nitrogens is 1. The quantitative estimate of drug-likeness (QED) is 0.718. The largest absolute Gasteiger partial charge is 0.363 e. The van der Waals surface area contributed by atoms with E-state index in [0.29, 0.717) is 5.69 Å². The van der Waals surface area contributed by atoms with E-state index in [2.05, 4.69) is 15.0 Å². The third kappa shape index (κ3) is 2.55.